The van der Waals surface area contributed by atoms with Crippen LogP contribution >= 0.6 is 0 Å². The van der Waals surface area contributed by atoms with E-state index in [2.05, 4.69) is 6.92 Å². The number of hydrogen-bond acceptors (Lipinski definition) is 5. The lowest BCUT2D eigenvalue weighted by molar-refractivity contribution is -0.159. The molecule has 1 aliphatic heterocycles. The van der Waals surface area contributed by atoms with E-state index in [1.165, 1.54) is 6.92 Å². The van der Waals surface area contributed by atoms with Crippen LogP contribution < -0.4 is 0 Å². The average molecular weight is 270 g/mol. The molecule has 0 radical (unpaired) electrons. The molecule has 5 nitrogen and oxygen atoms in total. The van der Waals surface area contributed by atoms with Gasteiger partial charge in [-0.05, 0) is 25.2 Å². The lowest BCUT2D eigenvalue weighted by Gasteiger charge is -2.41. The van der Waals surface area contributed by atoms with Crippen LogP contribution in [0.15, 0.2) is 0 Å². The highest BCUT2D eigenvalue weighted by Crippen LogP contribution is 2.46. The molecule has 6 atom stereocenters. The molecule has 2 fully saturated rings. The minimum absolute atomic E-state index is 0.0848. The summed E-state index contributed by atoms with van der Waals surface area (Å²) < 4.78 is 16.0. The first-order valence-corrected chi connectivity index (χ1v) is 6.82. The van der Waals surface area contributed by atoms with Crippen molar-refractivity contribution >= 4 is 11.9 Å². The second-order valence-electron chi connectivity index (χ2n) is 5.69. The zero-order chi connectivity index (χ0) is 14.2. The van der Waals surface area contributed by atoms with Gasteiger partial charge in [0.15, 0.2) is 0 Å². The highest BCUT2D eigenvalue weighted by molar-refractivity contribution is 5.75. The quantitative estimate of drug-likeness (QED) is 0.725. The van der Waals surface area contributed by atoms with E-state index in [1.54, 1.807) is 7.11 Å². The molecule has 0 bridgehead atoms. The molecule has 19 heavy (non-hydrogen) atoms. The van der Waals surface area contributed by atoms with Gasteiger partial charge in [-0.2, -0.15) is 0 Å². The van der Waals surface area contributed by atoms with Gasteiger partial charge in [-0.15, -0.1) is 0 Å². The Kier molecular flexibility index (Phi) is 4.13. The fraction of sp³-hybridized carbons (Fsp3) is 0.857. The summed E-state index contributed by atoms with van der Waals surface area (Å²) in [5, 5.41) is 0. The van der Waals surface area contributed by atoms with Crippen molar-refractivity contribution in [1.29, 1.82) is 0 Å². The fourth-order valence-corrected chi connectivity index (χ4v) is 3.65. The summed E-state index contributed by atoms with van der Waals surface area (Å²) in [4.78, 5) is 23.1. The van der Waals surface area contributed by atoms with Crippen molar-refractivity contribution in [2.45, 2.75) is 39.4 Å². The van der Waals surface area contributed by atoms with Crippen LogP contribution in [-0.4, -0.2) is 37.9 Å². The van der Waals surface area contributed by atoms with Gasteiger partial charge in [0.1, 0.15) is 12.2 Å². The van der Waals surface area contributed by atoms with Gasteiger partial charge >= 0.3 is 11.9 Å². The Hall–Kier alpha value is -1.10. The molecule has 1 heterocycles. The number of carbonyl (C=O) groups is 2. The number of rotatable bonds is 3. The Morgan fingerprint density at radius 3 is 2.68 bits per heavy atom. The largest absolute Gasteiger partial charge is 0.462 e. The number of hydrogen-bond donors (Lipinski definition) is 0. The summed E-state index contributed by atoms with van der Waals surface area (Å²) in [6.45, 7) is 5.95. The lowest BCUT2D eigenvalue weighted by atomic mass is 9.65. The number of methoxy groups -OCH3 is 1. The van der Waals surface area contributed by atoms with E-state index < -0.39 is 0 Å². The number of ether oxygens (including phenoxy) is 3. The van der Waals surface area contributed by atoms with Gasteiger partial charge in [0, 0.05) is 26.6 Å². The van der Waals surface area contributed by atoms with Crippen molar-refractivity contribution in [3.63, 3.8) is 0 Å². The number of cyclic esters (lactones) is 1. The van der Waals surface area contributed by atoms with Crippen LogP contribution in [0, 0.1) is 23.7 Å². The van der Waals surface area contributed by atoms with Crippen LogP contribution in [0.4, 0.5) is 0 Å². The third-order valence-electron chi connectivity index (χ3n) is 4.53. The number of esters is 2. The Morgan fingerprint density at radius 2 is 2.11 bits per heavy atom. The summed E-state index contributed by atoms with van der Waals surface area (Å²) in [5.41, 5.74) is 0. The van der Waals surface area contributed by atoms with Crippen molar-refractivity contribution < 1.29 is 23.8 Å². The summed E-state index contributed by atoms with van der Waals surface area (Å²) in [7, 11) is 1.65. The average Bonchev–Trinajstić information content (AvgIpc) is 2.59. The number of carbonyl (C=O) groups excluding carboxylic acids is 2. The second-order valence-corrected chi connectivity index (χ2v) is 5.69. The predicted molar refractivity (Wildman–Crippen MR) is 67.2 cm³/mol. The topological polar surface area (TPSA) is 61.8 Å². The molecule has 0 aromatic carbocycles. The molecule has 0 amide bonds. The summed E-state index contributed by atoms with van der Waals surface area (Å²) in [6.07, 6.45) is 0.254. The van der Waals surface area contributed by atoms with Crippen molar-refractivity contribution in [3.8, 4) is 0 Å². The SMILES string of the molecule is COC[C@H]1[C@H](C)[C@H](OC(C)=O)C[C@H]2C(=O)O[C@H](C)[C@@H]12. The maximum atomic E-state index is 11.9. The molecule has 2 aliphatic rings. The van der Waals surface area contributed by atoms with E-state index in [0.29, 0.717) is 13.0 Å². The van der Waals surface area contributed by atoms with Gasteiger partial charge in [-0.3, -0.25) is 9.59 Å². The molecule has 0 unspecified atom stereocenters. The minimum atomic E-state index is -0.300. The fourth-order valence-electron chi connectivity index (χ4n) is 3.65. The molecule has 2 rings (SSSR count). The highest BCUT2D eigenvalue weighted by Gasteiger charge is 2.54. The van der Waals surface area contributed by atoms with Crippen LogP contribution in [-0.2, 0) is 23.8 Å². The van der Waals surface area contributed by atoms with Gasteiger partial charge < -0.3 is 14.2 Å². The molecule has 0 aromatic rings. The number of fused-ring (bicyclic) bond motifs is 1. The van der Waals surface area contributed by atoms with Crippen LogP contribution in [0.5, 0.6) is 0 Å². The van der Waals surface area contributed by atoms with Crippen molar-refractivity contribution in [2.24, 2.45) is 23.7 Å². The van der Waals surface area contributed by atoms with Gasteiger partial charge in [0.25, 0.3) is 0 Å². The molecular weight excluding hydrogens is 248 g/mol. The molecule has 1 aliphatic carbocycles. The first kappa shape index (κ1) is 14.3. The second kappa shape index (κ2) is 5.49. The summed E-state index contributed by atoms with van der Waals surface area (Å²) in [6, 6.07) is 0. The minimum Gasteiger partial charge on any atom is -0.462 e. The van der Waals surface area contributed by atoms with Crippen molar-refractivity contribution in [3.05, 3.63) is 0 Å². The van der Waals surface area contributed by atoms with Gasteiger partial charge in [-0.25, -0.2) is 0 Å². The molecule has 5 heteroatoms. The normalized spacial score (nSPS) is 41.6. The molecular formula is C14H22O5. The van der Waals surface area contributed by atoms with Gasteiger partial charge in [0.2, 0.25) is 0 Å². The van der Waals surface area contributed by atoms with Crippen LogP contribution in [0.1, 0.15) is 27.2 Å². The third-order valence-corrected chi connectivity index (χ3v) is 4.53. The molecule has 1 saturated heterocycles. The zero-order valence-corrected chi connectivity index (χ0v) is 11.9. The monoisotopic (exact) mass is 270 g/mol. The Bertz CT molecular complexity index is 367. The van der Waals surface area contributed by atoms with E-state index in [0.717, 1.165) is 0 Å². The lowest BCUT2D eigenvalue weighted by Crippen LogP contribution is -2.47. The highest BCUT2D eigenvalue weighted by atomic mass is 16.6. The summed E-state index contributed by atoms with van der Waals surface area (Å²) in [5.74, 6) is -0.130. The van der Waals surface area contributed by atoms with Crippen molar-refractivity contribution in [2.75, 3.05) is 13.7 Å². The third kappa shape index (κ3) is 2.61. The molecule has 0 aromatic heterocycles. The van der Waals surface area contributed by atoms with Gasteiger partial charge in [0.05, 0.1) is 5.92 Å². The predicted octanol–water partition coefficient (Wildman–Crippen LogP) is 1.40. The Morgan fingerprint density at radius 1 is 1.42 bits per heavy atom. The Balaban J connectivity index is 2.22. The standard InChI is InChI=1S/C14H22O5/c1-7-11(6-17-4)13-8(2)18-14(16)10(13)5-12(7)19-9(3)15/h7-8,10-13H,5-6H2,1-4H3/t7-,8+,10+,11-,12+,13+/m0/s1. The van der Waals surface area contributed by atoms with Crippen molar-refractivity contribution in [1.82, 2.24) is 0 Å². The van der Waals surface area contributed by atoms with E-state index in [1.807, 2.05) is 6.92 Å². The van der Waals surface area contributed by atoms with Crippen LogP contribution in [0.2, 0.25) is 0 Å². The first-order chi connectivity index (χ1) is 8.95. The van der Waals surface area contributed by atoms with E-state index in [4.69, 9.17) is 14.2 Å². The smallest absolute Gasteiger partial charge is 0.309 e. The maximum absolute atomic E-state index is 11.9. The first-order valence-electron chi connectivity index (χ1n) is 6.82. The van der Waals surface area contributed by atoms with E-state index >= 15 is 0 Å². The summed E-state index contributed by atoms with van der Waals surface area (Å²) >= 11 is 0. The van der Waals surface area contributed by atoms with Crippen LogP contribution in [0.25, 0.3) is 0 Å². The molecule has 0 N–H and O–H groups in total. The molecule has 1 saturated carbocycles. The van der Waals surface area contributed by atoms with E-state index in [9.17, 15) is 9.59 Å². The van der Waals surface area contributed by atoms with Crippen LogP contribution in [0.3, 0.4) is 0 Å². The molecule has 108 valence electrons. The van der Waals surface area contributed by atoms with E-state index in [-0.39, 0.29) is 47.8 Å². The molecule has 0 spiro atoms. The zero-order valence-electron chi connectivity index (χ0n) is 11.9. The Labute approximate surface area is 113 Å². The maximum Gasteiger partial charge on any atom is 0.309 e. The van der Waals surface area contributed by atoms with Gasteiger partial charge in [-0.1, -0.05) is 6.92 Å².